The third-order valence-corrected chi connectivity index (χ3v) is 4.77. The second kappa shape index (κ2) is 9.56. The van der Waals surface area contributed by atoms with Crippen molar-refractivity contribution in [1.82, 2.24) is 9.88 Å². The van der Waals surface area contributed by atoms with E-state index >= 15 is 0 Å². The van der Waals surface area contributed by atoms with Crippen LogP contribution in [0.5, 0.6) is 5.75 Å². The molecule has 1 aromatic carbocycles. The first kappa shape index (κ1) is 20.9. The van der Waals surface area contributed by atoms with Crippen molar-refractivity contribution < 1.29 is 23.8 Å². The molecular formula is C21H26N2O6. The highest BCUT2D eigenvalue weighted by molar-refractivity contribution is 5.88. The predicted molar refractivity (Wildman–Crippen MR) is 107 cm³/mol. The van der Waals surface area contributed by atoms with Crippen LogP contribution in [0.25, 0.3) is 10.8 Å². The van der Waals surface area contributed by atoms with Crippen LogP contribution in [0.2, 0.25) is 0 Å². The SMILES string of the molecule is CCOC(=O)C(C)Oc1cccc2c(=O)n(CC(=O)NCC3CCCO3)ccc12. The van der Waals surface area contributed by atoms with E-state index in [1.54, 1.807) is 44.3 Å². The first-order valence-corrected chi connectivity index (χ1v) is 9.83. The zero-order valence-electron chi connectivity index (χ0n) is 16.7. The van der Waals surface area contributed by atoms with E-state index in [4.69, 9.17) is 14.2 Å². The van der Waals surface area contributed by atoms with E-state index in [0.29, 0.717) is 23.1 Å². The second-order valence-corrected chi connectivity index (χ2v) is 6.92. The number of carbonyl (C=O) groups excluding carboxylic acids is 2. The van der Waals surface area contributed by atoms with Gasteiger partial charge in [0.2, 0.25) is 5.91 Å². The van der Waals surface area contributed by atoms with E-state index in [0.717, 1.165) is 19.4 Å². The number of benzene rings is 1. The summed E-state index contributed by atoms with van der Waals surface area (Å²) in [4.78, 5) is 36.8. The molecule has 1 aliphatic heterocycles. The van der Waals surface area contributed by atoms with Crippen molar-refractivity contribution in [2.45, 2.75) is 45.4 Å². The minimum Gasteiger partial charge on any atom is -0.478 e. The zero-order chi connectivity index (χ0) is 20.8. The molecule has 0 saturated carbocycles. The standard InChI is InChI=1S/C21H26N2O6/c1-3-27-21(26)14(2)29-18-8-4-7-17-16(18)9-10-23(20(17)25)13-19(24)22-12-15-6-5-11-28-15/h4,7-10,14-15H,3,5-6,11-13H2,1-2H3,(H,22,24). The first-order chi connectivity index (χ1) is 14.0. The normalized spacial score (nSPS) is 17.1. The first-order valence-electron chi connectivity index (χ1n) is 9.83. The topological polar surface area (TPSA) is 95.9 Å². The zero-order valence-corrected chi connectivity index (χ0v) is 16.7. The molecule has 0 radical (unpaired) electrons. The Morgan fingerprint density at radius 3 is 2.86 bits per heavy atom. The lowest BCUT2D eigenvalue weighted by Gasteiger charge is -2.16. The molecule has 3 rings (SSSR count). The molecule has 0 bridgehead atoms. The van der Waals surface area contributed by atoms with E-state index in [-0.39, 0.29) is 30.7 Å². The molecule has 2 heterocycles. The molecule has 0 spiro atoms. The quantitative estimate of drug-likeness (QED) is 0.675. The van der Waals surface area contributed by atoms with Crippen molar-refractivity contribution in [2.75, 3.05) is 19.8 Å². The summed E-state index contributed by atoms with van der Waals surface area (Å²) in [5.41, 5.74) is -0.302. The van der Waals surface area contributed by atoms with Crippen LogP contribution < -0.4 is 15.6 Å². The fraction of sp³-hybridized carbons (Fsp3) is 0.476. The fourth-order valence-electron chi connectivity index (χ4n) is 3.26. The molecule has 1 aromatic heterocycles. The van der Waals surface area contributed by atoms with Crippen molar-refractivity contribution in [3.8, 4) is 5.75 Å². The number of amides is 1. The van der Waals surface area contributed by atoms with Crippen LogP contribution in [0.3, 0.4) is 0 Å². The Labute approximate surface area is 168 Å². The van der Waals surface area contributed by atoms with Gasteiger partial charge in [0.25, 0.3) is 5.56 Å². The van der Waals surface area contributed by atoms with Gasteiger partial charge in [0.1, 0.15) is 12.3 Å². The summed E-state index contributed by atoms with van der Waals surface area (Å²) in [6.07, 6.45) is 2.74. The Balaban J connectivity index is 1.73. The van der Waals surface area contributed by atoms with Gasteiger partial charge in [-0.25, -0.2) is 4.79 Å². The molecule has 1 fully saturated rings. The lowest BCUT2D eigenvalue weighted by molar-refractivity contribution is -0.150. The summed E-state index contributed by atoms with van der Waals surface area (Å²) in [7, 11) is 0. The Morgan fingerprint density at radius 1 is 1.31 bits per heavy atom. The largest absolute Gasteiger partial charge is 0.478 e. The number of esters is 1. The van der Waals surface area contributed by atoms with Crippen LogP contribution in [-0.2, 0) is 25.6 Å². The molecule has 1 amide bonds. The molecule has 1 saturated heterocycles. The van der Waals surface area contributed by atoms with Crippen LogP contribution in [-0.4, -0.2) is 48.4 Å². The van der Waals surface area contributed by atoms with Crippen molar-refractivity contribution in [2.24, 2.45) is 0 Å². The summed E-state index contributed by atoms with van der Waals surface area (Å²) in [5.74, 6) is -0.304. The van der Waals surface area contributed by atoms with E-state index in [1.165, 1.54) is 4.57 Å². The van der Waals surface area contributed by atoms with Crippen molar-refractivity contribution in [3.63, 3.8) is 0 Å². The average Bonchev–Trinajstić information content (AvgIpc) is 3.23. The van der Waals surface area contributed by atoms with Gasteiger partial charge in [0, 0.05) is 24.7 Å². The molecule has 1 N–H and O–H groups in total. The third-order valence-electron chi connectivity index (χ3n) is 4.77. The number of hydrogen-bond donors (Lipinski definition) is 1. The van der Waals surface area contributed by atoms with Gasteiger partial charge in [-0.2, -0.15) is 0 Å². The van der Waals surface area contributed by atoms with E-state index in [1.807, 2.05) is 0 Å². The van der Waals surface area contributed by atoms with E-state index < -0.39 is 12.1 Å². The maximum Gasteiger partial charge on any atom is 0.347 e. The molecule has 29 heavy (non-hydrogen) atoms. The highest BCUT2D eigenvalue weighted by atomic mass is 16.6. The summed E-state index contributed by atoms with van der Waals surface area (Å²) in [6, 6.07) is 6.74. The summed E-state index contributed by atoms with van der Waals surface area (Å²) in [6.45, 7) is 4.68. The van der Waals surface area contributed by atoms with Crippen LogP contribution in [0, 0.1) is 0 Å². The predicted octanol–water partition coefficient (Wildman–Crippen LogP) is 1.63. The lowest BCUT2D eigenvalue weighted by atomic mass is 10.1. The van der Waals surface area contributed by atoms with Crippen LogP contribution in [0.4, 0.5) is 0 Å². The van der Waals surface area contributed by atoms with Crippen molar-refractivity contribution in [3.05, 3.63) is 40.8 Å². The lowest BCUT2D eigenvalue weighted by Crippen LogP contribution is -2.36. The molecular weight excluding hydrogens is 376 g/mol. The van der Waals surface area contributed by atoms with Crippen LogP contribution in [0.15, 0.2) is 35.3 Å². The summed E-state index contributed by atoms with van der Waals surface area (Å²) < 4.78 is 17.5. The fourth-order valence-corrected chi connectivity index (χ4v) is 3.26. The molecule has 2 unspecified atom stereocenters. The third kappa shape index (κ3) is 5.14. The van der Waals surface area contributed by atoms with Gasteiger partial charge in [0.05, 0.1) is 18.1 Å². The maximum absolute atomic E-state index is 12.8. The van der Waals surface area contributed by atoms with E-state index in [2.05, 4.69) is 5.32 Å². The number of rotatable bonds is 8. The number of ether oxygens (including phenoxy) is 3. The monoisotopic (exact) mass is 402 g/mol. The van der Waals surface area contributed by atoms with Crippen LogP contribution >= 0.6 is 0 Å². The Hall–Kier alpha value is -2.87. The minimum absolute atomic E-state index is 0.0494. The van der Waals surface area contributed by atoms with Gasteiger partial charge < -0.3 is 24.1 Å². The minimum atomic E-state index is -0.799. The van der Waals surface area contributed by atoms with Crippen LogP contribution in [0.1, 0.15) is 26.7 Å². The van der Waals surface area contributed by atoms with Gasteiger partial charge in [0.15, 0.2) is 6.10 Å². The van der Waals surface area contributed by atoms with Gasteiger partial charge in [-0.3, -0.25) is 9.59 Å². The molecule has 2 atom stereocenters. The number of aromatic nitrogens is 1. The molecule has 1 aliphatic rings. The number of nitrogens with zero attached hydrogens (tertiary/aromatic N) is 1. The van der Waals surface area contributed by atoms with Gasteiger partial charge in [-0.1, -0.05) is 6.07 Å². The van der Waals surface area contributed by atoms with Gasteiger partial charge in [-0.15, -0.1) is 0 Å². The number of nitrogens with one attached hydrogen (secondary N) is 1. The highest BCUT2D eigenvalue weighted by Gasteiger charge is 2.19. The van der Waals surface area contributed by atoms with Gasteiger partial charge in [-0.05, 0) is 44.9 Å². The second-order valence-electron chi connectivity index (χ2n) is 6.92. The maximum atomic E-state index is 12.8. The number of fused-ring (bicyclic) bond motifs is 1. The summed E-state index contributed by atoms with van der Waals surface area (Å²) in [5, 5.41) is 3.79. The Bertz CT molecular complexity index is 932. The Kier molecular flexibility index (Phi) is 6.87. The van der Waals surface area contributed by atoms with Crippen molar-refractivity contribution in [1.29, 1.82) is 0 Å². The number of pyridine rings is 1. The van der Waals surface area contributed by atoms with Gasteiger partial charge >= 0.3 is 5.97 Å². The molecule has 2 aromatic rings. The highest BCUT2D eigenvalue weighted by Crippen LogP contribution is 2.24. The smallest absolute Gasteiger partial charge is 0.347 e. The summed E-state index contributed by atoms with van der Waals surface area (Å²) >= 11 is 0. The average molecular weight is 402 g/mol. The Morgan fingerprint density at radius 2 is 2.14 bits per heavy atom. The van der Waals surface area contributed by atoms with Crippen molar-refractivity contribution >= 4 is 22.6 Å². The number of hydrogen-bond acceptors (Lipinski definition) is 6. The molecule has 156 valence electrons. The van der Waals surface area contributed by atoms with E-state index in [9.17, 15) is 14.4 Å². The molecule has 8 nitrogen and oxygen atoms in total. The molecule has 8 heteroatoms. The molecule has 0 aliphatic carbocycles. The number of carbonyl (C=O) groups is 2.